The number of hydrogen-bond acceptors (Lipinski definition) is 4. The molecule has 4 rings (SSSR count). The van der Waals surface area contributed by atoms with Crippen molar-refractivity contribution < 1.29 is 21.6 Å². The van der Waals surface area contributed by atoms with Crippen molar-refractivity contribution in [3.8, 4) is 0 Å². The highest BCUT2D eigenvalue weighted by molar-refractivity contribution is 7.91. The molecule has 0 radical (unpaired) electrons. The van der Waals surface area contributed by atoms with Crippen molar-refractivity contribution in [3.05, 3.63) is 17.5 Å². The molecule has 1 saturated carbocycles. The van der Waals surface area contributed by atoms with Crippen LogP contribution in [0.5, 0.6) is 0 Å². The predicted octanol–water partition coefficient (Wildman–Crippen LogP) is 3.37. The van der Waals surface area contributed by atoms with Crippen LogP contribution >= 0.6 is 0 Å². The van der Waals surface area contributed by atoms with Gasteiger partial charge in [-0.15, -0.1) is 0 Å². The van der Waals surface area contributed by atoms with Crippen molar-refractivity contribution in [1.82, 2.24) is 14.7 Å². The molecule has 9 heteroatoms. The normalized spacial score (nSPS) is 34.1. The Bertz CT molecular complexity index is 828. The van der Waals surface area contributed by atoms with Gasteiger partial charge in [-0.2, -0.15) is 18.3 Å². The van der Waals surface area contributed by atoms with Crippen molar-refractivity contribution in [2.45, 2.75) is 63.1 Å². The Balaban J connectivity index is 1.39. The molecule has 0 amide bonds. The number of rotatable bonds is 2. The molecule has 28 heavy (non-hydrogen) atoms. The minimum Gasteiger partial charge on any atom is -0.300 e. The zero-order valence-corrected chi connectivity index (χ0v) is 17.0. The van der Waals surface area contributed by atoms with Gasteiger partial charge in [-0.3, -0.25) is 9.58 Å². The average Bonchev–Trinajstić information content (AvgIpc) is 3.15. The second kappa shape index (κ2) is 7.00. The molecule has 3 heterocycles. The summed E-state index contributed by atoms with van der Waals surface area (Å²) < 4.78 is 64.1. The first-order valence-corrected chi connectivity index (χ1v) is 11.9. The van der Waals surface area contributed by atoms with Crippen LogP contribution in [0.15, 0.2) is 6.07 Å². The number of sulfone groups is 1. The van der Waals surface area contributed by atoms with Crippen molar-refractivity contribution >= 4 is 9.84 Å². The SMILES string of the molecule is Cn1nc(C(F)(F)F)cc1C1CCC(N2CCC[C@]3(CCS(=O)(=O)C3)C2)CC1. The molecule has 3 aliphatic rings. The number of piperidine rings is 1. The molecule has 0 unspecified atom stereocenters. The first kappa shape index (κ1) is 20.2. The van der Waals surface area contributed by atoms with Gasteiger partial charge in [-0.1, -0.05) is 0 Å². The lowest BCUT2D eigenvalue weighted by Gasteiger charge is -2.45. The minimum atomic E-state index is -4.41. The number of aryl methyl sites for hydroxylation is 1. The van der Waals surface area contributed by atoms with Gasteiger partial charge in [0.1, 0.15) is 0 Å². The summed E-state index contributed by atoms with van der Waals surface area (Å²) in [5.74, 6) is 0.743. The van der Waals surface area contributed by atoms with Gasteiger partial charge in [0.05, 0.1) is 11.5 Å². The first-order chi connectivity index (χ1) is 13.1. The Labute approximate surface area is 164 Å². The van der Waals surface area contributed by atoms with E-state index in [9.17, 15) is 21.6 Å². The van der Waals surface area contributed by atoms with Gasteiger partial charge in [0.25, 0.3) is 0 Å². The Kier molecular flexibility index (Phi) is 5.05. The molecule has 1 spiro atoms. The fourth-order valence-corrected chi connectivity index (χ4v) is 7.80. The summed E-state index contributed by atoms with van der Waals surface area (Å²) in [7, 11) is -1.31. The molecule has 1 aliphatic carbocycles. The summed E-state index contributed by atoms with van der Waals surface area (Å²) in [6.07, 6.45) is 1.99. The number of halogens is 3. The Morgan fingerprint density at radius 3 is 2.46 bits per heavy atom. The fraction of sp³-hybridized carbons (Fsp3) is 0.842. The van der Waals surface area contributed by atoms with E-state index in [1.165, 1.54) is 10.7 Å². The molecule has 0 bridgehead atoms. The summed E-state index contributed by atoms with van der Waals surface area (Å²) in [5, 5.41) is 3.65. The molecule has 2 saturated heterocycles. The van der Waals surface area contributed by atoms with E-state index in [1.54, 1.807) is 7.05 Å². The van der Waals surface area contributed by atoms with Crippen molar-refractivity contribution in [2.75, 3.05) is 24.6 Å². The maximum Gasteiger partial charge on any atom is 0.435 e. The lowest BCUT2D eigenvalue weighted by Crippen LogP contribution is -2.49. The number of hydrogen-bond donors (Lipinski definition) is 0. The van der Waals surface area contributed by atoms with E-state index in [0.717, 1.165) is 58.0 Å². The van der Waals surface area contributed by atoms with Crippen molar-refractivity contribution in [1.29, 1.82) is 0 Å². The summed E-state index contributed by atoms with van der Waals surface area (Å²) in [5.41, 5.74) is -0.215. The number of aromatic nitrogens is 2. The number of likely N-dealkylation sites (tertiary alicyclic amines) is 1. The highest BCUT2D eigenvalue weighted by Crippen LogP contribution is 2.43. The van der Waals surface area contributed by atoms with E-state index in [0.29, 0.717) is 23.2 Å². The zero-order chi connectivity index (χ0) is 20.2. The van der Waals surface area contributed by atoms with Gasteiger partial charge in [0.2, 0.25) is 0 Å². The molecule has 3 fully saturated rings. The molecule has 1 aromatic rings. The quantitative estimate of drug-likeness (QED) is 0.738. The average molecular weight is 420 g/mol. The largest absolute Gasteiger partial charge is 0.435 e. The van der Waals surface area contributed by atoms with Crippen LogP contribution in [-0.4, -0.2) is 53.7 Å². The number of nitrogens with zero attached hydrogens (tertiary/aromatic N) is 3. The van der Waals surface area contributed by atoms with Gasteiger partial charge < -0.3 is 0 Å². The van der Waals surface area contributed by atoms with Crippen LogP contribution in [0.3, 0.4) is 0 Å². The van der Waals surface area contributed by atoms with Crippen LogP contribution in [0.2, 0.25) is 0 Å². The minimum absolute atomic E-state index is 0.0718. The van der Waals surface area contributed by atoms with Crippen LogP contribution in [0, 0.1) is 5.41 Å². The maximum atomic E-state index is 12.9. The van der Waals surface area contributed by atoms with Gasteiger partial charge in [-0.05, 0) is 63.0 Å². The second-order valence-corrected chi connectivity index (χ2v) is 11.2. The van der Waals surface area contributed by atoms with E-state index in [4.69, 9.17) is 0 Å². The van der Waals surface area contributed by atoms with Crippen molar-refractivity contribution in [3.63, 3.8) is 0 Å². The lowest BCUT2D eigenvalue weighted by molar-refractivity contribution is -0.141. The Hall–Kier alpha value is -1.09. The van der Waals surface area contributed by atoms with Gasteiger partial charge >= 0.3 is 6.18 Å². The summed E-state index contributed by atoms with van der Waals surface area (Å²) in [6, 6.07) is 1.61. The third kappa shape index (κ3) is 3.97. The fourth-order valence-electron chi connectivity index (χ4n) is 5.60. The standard InChI is InChI=1S/C19H28F3N3O2S/c1-24-16(11-17(23-24)19(20,21)22)14-3-5-15(6-4-14)25-9-2-7-18(12-25)8-10-28(26,27)13-18/h11,14-15H,2-10,12-13H2,1H3/t14?,15?,18-/m0/s1. The molecule has 5 nitrogen and oxygen atoms in total. The Morgan fingerprint density at radius 2 is 1.89 bits per heavy atom. The third-order valence-corrected chi connectivity index (χ3v) is 8.88. The first-order valence-electron chi connectivity index (χ1n) is 10.1. The smallest absolute Gasteiger partial charge is 0.300 e. The lowest BCUT2D eigenvalue weighted by atomic mass is 9.77. The molecule has 158 valence electrons. The van der Waals surface area contributed by atoms with Crippen LogP contribution in [0.25, 0.3) is 0 Å². The van der Waals surface area contributed by atoms with Gasteiger partial charge in [0.15, 0.2) is 15.5 Å². The van der Waals surface area contributed by atoms with Crippen LogP contribution in [-0.2, 0) is 23.1 Å². The molecule has 2 aliphatic heterocycles. The van der Waals surface area contributed by atoms with E-state index in [2.05, 4.69) is 10.00 Å². The maximum absolute atomic E-state index is 12.9. The van der Waals surface area contributed by atoms with E-state index in [1.807, 2.05) is 0 Å². The molecule has 0 N–H and O–H groups in total. The molecular formula is C19H28F3N3O2S. The van der Waals surface area contributed by atoms with Crippen LogP contribution < -0.4 is 0 Å². The molecule has 1 atom stereocenters. The summed E-state index contributed by atoms with van der Waals surface area (Å²) in [4.78, 5) is 2.46. The van der Waals surface area contributed by atoms with Gasteiger partial charge in [-0.25, -0.2) is 8.42 Å². The monoisotopic (exact) mass is 419 g/mol. The highest BCUT2D eigenvalue weighted by Gasteiger charge is 2.46. The van der Waals surface area contributed by atoms with Crippen molar-refractivity contribution in [2.24, 2.45) is 12.5 Å². The van der Waals surface area contributed by atoms with E-state index < -0.39 is 21.7 Å². The zero-order valence-electron chi connectivity index (χ0n) is 16.2. The van der Waals surface area contributed by atoms with Crippen LogP contribution in [0.1, 0.15) is 62.3 Å². The molecular weight excluding hydrogens is 391 g/mol. The third-order valence-electron chi connectivity index (χ3n) is 7.00. The van der Waals surface area contributed by atoms with E-state index in [-0.39, 0.29) is 11.3 Å². The van der Waals surface area contributed by atoms with E-state index >= 15 is 0 Å². The second-order valence-electron chi connectivity index (χ2n) is 9.00. The molecule has 1 aromatic heterocycles. The topological polar surface area (TPSA) is 55.2 Å². The predicted molar refractivity (Wildman–Crippen MR) is 99.7 cm³/mol. The molecule has 0 aromatic carbocycles. The Morgan fingerprint density at radius 1 is 1.18 bits per heavy atom. The summed E-state index contributed by atoms with van der Waals surface area (Å²) in [6.45, 7) is 1.85. The van der Waals surface area contributed by atoms with Gasteiger partial charge in [0, 0.05) is 31.2 Å². The van der Waals surface area contributed by atoms with Crippen LogP contribution in [0.4, 0.5) is 13.2 Å². The summed E-state index contributed by atoms with van der Waals surface area (Å²) >= 11 is 0. The number of alkyl halides is 3. The highest BCUT2D eigenvalue weighted by atomic mass is 32.2.